The lowest BCUT2D eigenvalue weighted by Gasteiger charge is -2.13. The van der Waals surface area contributed by atoms with Gasteiger partial charge in [0.2, 0.25) is 0 Å². The van der Waals surface area contributed by atoms with Crippen LogP contribution in [-0.2, 0) is 32.1 Å². The number of benzene rings is 19. The van der Waals surface area contributed by atoms with Crippen molar-refractivity contribution in [3.63, 3.8) is 0 Å². The number of para-hydroxylation sites is 12. The van der Waals surface area contributed by atoms with Crippen molar-refractivity contribution in [1.29, 1.82) is 0 Å². The molecule has 0 saturated carbocycles. The van der Waals surface area contributed by atoms with E-state index in [0.717, 1.165) is 289 Å². The molecule has 28 aromatic rings. The molecular formula is C133H99N15. The Hall–Kier alpha value is -19.0. The monoisotopic (exact) mass is 1910 g/mol. The van der Waals surface area contributed by atoms with E-state index in [4.69, 9.17) is 44.9 Å². The van der Waals surface area contributed by atoms with Gasteiger partial charge in [0.05, 0.1) is 99.8 Å². The van der Waals surface area contributed by atoms with Crippen LogP contribution >= 0.6 is 0 Å². The summed E-state index contributed by atoms with van der Waals surface area (Å²) in [6.45, 7) is 10.8. The molecule has 0 N–H and O–H groups in total. The Balaban J connectivity index is 0.000000112. The normalized spacial score (nSPS) is 11.7. The minimum Gasteiger partial charge on any atom is -0.296 e. The molecule has 0 aliphatic rings. The number of hydrogen-bond donors (Lipinski definition) is 0. The molecule has 28 rings (SSSR count). The largest absolute Gasteiger partial charge is 0.296 e. The molecule has 0 aliphatic heterocycles. The molecule has 9 heterocycles. The second-order valence-electron chi connectivity index (χ2n) is 37.6. The van der Waals surface area contributed by atoms with Gasteiger partial charge in [-0.3, -0.25) is 27.4 Å². The third kappa shape index (κ3) is 15.6. The summed E-state index contributed by atoms with van der Waals surface area (Å²) in [5.41, 5.74) is 36.2. The molecule has 0 radical (unpaired) electrons. The van der Waals surface area contributed by atoms with Crippen molar-refractivity contribution in [2.75, 3.05) is 0 Å². The Morgan fingerprint density at radius 2 is 0.405 bits per heavy atom. The van der Waals surface area contributed by atoms with Crippen LogP contribution in [-0.4, -0.2) is 72.3 Å². The molecule has 0 fully saturated rings. The van der Waals surface area contributed by atoms with Crippen LogP contribution in [0.5, 0.6) is 0 Å². The van der Waals surface area contributed by atoms with Gasteiger partial charge in [-0.25, -0.2) is 44.9 Å². The zero-order valence-electron chi connectivity index (χ0n) is 82.5. The average molecular weight is 1910 g/mol. The molecule has 15 nitrogen and oxygen atoms in total. The van der Waals surface area contributed by atoms with Crippen molar-refractivity contribution < 1.29 is 0 Å². The van der Waals surface area contributed by atoms with E-state index in [1.165, 1.54) is 16.3 Å². The van der Waals surface area contributed by atoms with E-state index in [1.54, 1.807) is 0 Å². The molecule has 0 aliphatic carbocycles. The fourth-order valence-electron chi connectivity index (χ4n) is 22.0. The van der Waals surface area contributed by atoms with Crippen molar-refractivity contribution in [1.82, 2.24) is 72.3 Å². The lowest BCUT2D eigenvalue weighted by molar-refractivity contribution is 0.908. The number of imidazole rings is 6. The number of rotatable bonds is 18. The minimum absolute atomic E-state index is 0.816. The zero-order chi connectivity index (χ0) is 99.0. The van der Waals surface area contributed by atoms with Crippen molar-refractivity contribution in [3.8, 4) is 113 Å². The Labute approximate surface area is 855 Å². The highest BCUT2D eigenvalue weighted by Gasteiger charge is 2.27. The van der Waals surface area contributed by atoms with Crippen LogP contribution in [0.25, 0.3) is 244 Å². The Bertz CT molecular complexity index is 9970. The van der Waals surface area contributed by atoms with Crippen molar-refractivity contribution in [2.24, 2.45) is 0 Å². The van der Waals surface area contributed by atoms with E-state index in [9.17, 15) is 0 Å². The first-order valence-corrected chi connectivity index (χ1v) is 51.1. The number of fused-ring (bicyclic) bond motifs is 18. The highest BCUT2D eigenvalue weighted by Crippen LogP contribution is 2.46. The van der Waals surface area contributed by atoms with Crippen LogP contribution in [0.3, 0.4) is 0 Å². The Kier molecular flexibility index (Phi) is 22.7. The van der Waals surface area contributed by atoms with E-state index in [-0.39, 0.29) is 0 Å². The van der Waals surface area contributed by atoms with Crippen LogP contribution in [0.2, 0.25) is 0 Å². The molecule has 15 heteroatoms. The average Bonchev–Trinajstić information content (AvgIpc) is 1.44. The van der Waals surface area contributed by atoms with Crippen molar-refractivity contribution >= 4 is 131 Å². The summed E-state index contributed by atoms with van der Waals surface area (Å²) in [5.74, 6) is 6.16. The quantitative estimate of drug-likeness (QED) is 0.0766. The molecule has 9 aromatic heterocycles. The van der Waals surface area contributed by atoms with Gasteiger partial charge in [0.25, 0.3) is 0 Å². The summed E-state index contributed by atoms with van der Waals surface area (Å²) >= 11 is 0. The first-order valence-electron chi connectivity index (χ1n) is 51.1. The highest BCUT2D eigenvalue weighted by atomic mass is 15.1. The Morgan fingerprint density at radius 3 is 0.764 bits per heavy atom. The van der Waals surface area contributed by atoms with Gasteiger partial charge in [-0.2, -0.15) is 0 Å². The van der Waals surface area contributed by atoms with Crippen LogP contribution in [0.15, 0.2) is 449 Å². The molecule has 0 unspecified atom stereocenters. The third-order valence-corrected chi connectivity index (χ3v) is 29.0. The fraction of sp³-hybridized carbons (Fsp3) is 0.0752. The summed E-state index contributed by atoms with van der Waals surface area (Å²) in [6, 6.07) is 158. The predicted octanol–water partition coefficient (Wildman–Crippen LogP) is 32.7. The second kappa shape index (κ2) is 37.7. The number of aryl methyl sites for hydroxylation is 5. The summed E-state index contributed by atoms with van der Waals surface area (Å²) in [6.07, 6.45) is 4.19. The molecule has 0 spiro atoms. The lowest BCUT2D eigenvalue weighted by atomic mass is 9.97. The molecular weight excluding hydrogens is 1810 g/mol. The summed E-state index contributed by atoms with van der Waals surface area (Å²) < 4.78 is 13.7. The minimum atomic E-state index is 0.816. The SMILES string of the molecule is CCc1nc2c3c(-c4ccc(-c5cccc(-n6c(-c7ccccc7)nc7ccccc76)c5)cc4)nc4ccccc4c3ccc2n1-c1ccccc1.CCc1nc2ccccc2n1-c1ccc(-c2ccc(-c3nc4ccccc4c4ccc5c(nc(CC)n5-c5ccccc5)c34)cc2)cc1.CCc1nc2ccccc2n1-c1cccc(-c2ccc(-c3nc4ccccc4c4ccc5c(nc(CC)n5-c5ccccc5)c34)cc2)c1. The van der Waals surface area contributed by atoms with Gasteiger partial charge in [-0.15, -0.1) is 0 Å². The van der Waals surface area contributed by atoms with Gasteiger partial charge in [0.1, 0.15) is 34.9 Å². The first kappa shape index (κ1) is 89.1. The summed E-state index contributed by atoms with van der Waals surface area (Å²) in [5, 5.41) is 10.2. The van der Waals surface area contributed by atoms with Gasteiger partial charge in [-0.05, 0) is 195 Å². The number of aromatic nitrogens is 15. The molecule has 0 atom stereocenters. The first-order chi connectivity index (χ1) is 73.2. The third-order valence-electron chi connectivity index (χ3n) is 29.0. The number of pyridine rings is 3. The molecule has 0 amide bonds. The van der Waals surface area contributed by atoms with Crippen molar-refractivity contribution in [2.45, 2.75) is 66.7 Å². The smallest absolute Gasteiger partial charge is 0.145 e. The maximum atomic E-state index is 5.32. The van der Waals surface area contributed by atoms with E-state index in [2.05, 4.69) is 487 Å². The molecule has 19 aromatic carbocycles. The fourth-order valence-corrected chi connectivity index (χ4v) is 22.0. The van der Waals surface area contributed by atoms with E-state index in [0.29, 0.717) is 0 Å². The van der Waals surface area contributed by atoms with E-state index < -0.39 is 0 Å². The number of nitrogens with zero attached hydrogens (tertiary/aromatic N) is 15. The highest BCUT2D eigenvalue weighted by molar-refractivity contribution is 6.23. The van der Waals surface area contributed by atoms with Crippen LogP contribution in [0.1, 0.15) is 63.7 Å². The molecule has 706 valence electrons. The lowest BCUT2D eigenvalue weighted by Crippen LogP contribution is -2.00. The topological polar surface area (TPSA) is 146 Å². The molecule has 148 heavy (non-hydrogen) atoms. The van der Waals surface area contributed by atoms with Gasteiger partial charge < -0.3 is 0 Å². The standard InChI is InChI=1S/C47H33N5.2C43H33N5/c1-2-43-50-46-42(51(43)35-17-7-4-8-18-35)29-28-38-37-20-9-10-21-39(37)48-45(44(38)46)32-26-24-31(25-27-32)34-16-13-19-36(30-34)52-41-23-12-11-22-40(41)49-47(52)33-14-5-3-6-15-33;1-3-39-44-36-19-10-11-20-37(36)48(39)32-16-12-13-30(27-32)28-21-23-29(24-22-28)42-41-34(33-17-8-9-18-35(33)45-42)25-26-38-43(41)46-40(4-2)47(38)31-14-6-5-7-15-31;1-3-39-44-36-16-10-11-17-37(36)47(39)32-24-22-29(23-25-32)28-18-20-30(21-19-28)42-41-34(33-14-8-9-15-35(33)45-42)26-27-38-43(41)46-40(4-2)48(38)31-12-6-5-7-13-31/h3-30H,2H2,1H3;2*5-27H,3-4H2,1-2H3. The second-order valence-corrected chi connectivity index (χ2v) is 37.6. The summed E-state index contributed by atoms with van der Waals surface area (Å²) in [7, 11) is 0. The van der Waals surface area contributed by atoms with Crippen LogP contribution < -0.4 is 0 Å². The maximum Gasteiger partial charge on any atom is 0.145 e. The van der Waals surface area contributed by atoms with Gasteiger partial charge in [0, 0.05) is 121 Å². The maximum absolute atomic E-state index is 5.32. The van der Waals surface area contributed by atoms with Crippen molar-refractivity contribution in [3.05, 3.63) is 478 Å². The van der Waals surface area contributed by atoms with E-state index in [1.807, 2.05) is 24.3 Å². The predicted molar refractivity (Wildman–Crippen MR) is 610 cm³/mol. The molecule has 0 saturated heterocycles. The zero-order valence-corrected chi connectivity index (χ0v) is 82.5. The molecule has 0 bridgehead atoms. The Morgan fingerprint density at radius 1 is 0.155 bits per heavy atom. The van der Waals surface area contributed by atoms with Crippen LogP contribution in [0.4, 0.5) is 0 Å². The van der Waals surface area contributed by atoms with E-state index >= 15 is 0 Å². The van der Waals surface area contributed by atoms with Gasteiger partial charge in [0.15, 0.2) is 0 Å². The summed E-state index contributed by atoms with van der Waals surface area (Å²) in [4.78, 5) is 46.6. The number of hydrogen-bond acceptors (Lipinski definition) is 9. The van der Waals surface area contributed by atoms with Gasteiger partial charge in [-0.1, -0.05) is 338 Å². The van der Waals surface area contributed by atoms with Gasteiger partial charge >= 0.3 is 0 Å². The van der Waals surface area contributed by atoms with Crippen LogP contribution in [0, 0.1) is 0 Å².